The van der Waals surface area contributed by atoms with E-state index in [4.69, 9.17) is 0 Å². The summed E-state index contributed by atoms with van der Waals surface area (Å²) in [4.78, 5) is 25.0. The van der Waals surface area contributed by atoms with Crippen LogP contribution in [0.2, 0.25) is 0 Å². The Kier molecular flexibility index (Phi) is 1.14. The molecule has 1 spiro atoms. The van der Waals surface area contributed by atoms with Crippen LogP contribution >= 0.6 is 0 Å². The van der Waals surface area contributed by atoms with Crippen LogP contribution in [0.3, 0.4) is 0 Å². The Morgan fingerprint density at radius 3 is 2.93 bits per heavy atom. The van der Waals surface area contributed by atoms with E-state index >= 15 is 0 Å². The molecule has 1 heterocycles. The number of amides is 1. The number of allylic oxidation sites excluding steroid dienone is 1. The Morgan fingerprint density at radius 1 is 1.50 bits per heavy atom. The van der Waals surface area contributed by atoms with Gasteiger partial charge in [-0.3, -0.25) is 9.59 Å². The molecule has 3 nitrogen and oxygen atoms in total. The molecule has 1 aliphatic heterocycles. The van der Waals surface area contributed by atoms with Crippen LogP contribution in [0.4, 0.5) is 0 Å². The molecule has 3 aliphatic rings. The number of nitrogens with zero attached hydrogens (tertiary/aromatic N) is 1. The first kappa shape index (κ1) is 8.21. The lowest BCUT2D eigenvalue weighted by Gasteiger charge is -2.29. The van der Waals surface area contributed by atoms with Crippen molar-refractivity contribution in [2.24, 2.45) is 10.8 Å². The van der Waals surface area contributed by atoms with Gasteiger partial charge in [-0.2, -0.15) is 0 Å². The van der Waals surface area contributed by atoms with E-state index in [9.17, 15) is 9.59 Å². The molecule has 1 amide bonds. The second kappa shape index (κ2) is 1.95. The fourth-order valence-electron chi connectivity index (χ4n) is 3.35. The van der Waals surface area contributed by atoms with Gasteiger partial charge in [0.05, 0.1) is 5.41 Å². The van der Waals surface area contributed by atoms with Gasteiger partial charge < -0.3 is 4.90 Å². The van der Waals surface area contributed by atoms with Crippen molar-refractivity contribution >= 4 is 11.7 Å². The van der Waals surface area contributed by atoms with Crippen molar-refractivity contribution < 1.29 is 9.59 Å². The standard InChI is InChI=1S/C11H13NO2/c1-10-6-11(10)4-3-7(13)5-8(11)12(2)9(10)14/h3-4,8H,5-6H2,1-2H3/t8-,10-,11+/m0/s1. The maximum Gasteiger partial charge on any atom is 0.229 e. The molecule has 0 aromatic rings. The summed E-state index contributed by atoms with van der Waals surface area (Å²) in [7, 11) is 1.82. The molecule has 3 atom stereocenters. The predicted molar refractivity (Wildman–Crippen MR) is 50.5 cm³/mol. The molecular formula is C11H13NO2. The minimum absolute atomic E-state index is 0.00720. The number of ketones is 1. The van der Waals surface area contributed by atoms with E-state index in [-0.39, 0.29) is 28.6 Å². The second-order valence-corrected chi connectivity index (χ2v) is 4.98. The number of carbonyl (C=O) groups is 2. The second-order valence-electron chi connectivity index (χ2n) is 4.98. The van der Waals surface area contributed by atoms with E-state index in [2.05, 4.69) is 0 Å². The molecule has 14 heavy (non-hydrogen) atoms. The normalized spacial score (nSPS) is 49.3. The maximum absolute atomic E-state index is 11.9. The van der Waals surface area contributed by atoms with Crippen LogP contribution in [0.25, 0.3) is 0 Å². The van der Waals surface area contributed by atoms with Crippen LogP contribution in [0, 0.1) is 10.8 Å². The van der Waals surface area contributed by atoms with Crippen molar-refractivity contribution in [3.63, 3.8) is 0 Å². The zero-order valence-electron chi connectivity index (χ0n) is 8.41. The predicted octanol–water partition coefficient (Wildman–Crippen LogP) is 0.752. The van der Waals surface area contributed by atoms with E-state index in [1.54, 1.807) is 11.0 Å². The molecule has 0 N–H and O–H groups in total. The summed E-state index contributed by atoms with van der Waals surface area (Å²) in [6.45, 7) is 2.02. The van der Waals surface area contributed by atoms with Gasteiger partial charge >= 0.3 is 0 Å². The Hall–Kier alpha value is -1.12. The number of piperidine rings is 1. The summed E-state index contributed by atoms with van der Waals surface area (Å²) in [5.74, 6) is 0.360. The molecule has 0 aromatic heterocycles. The summed E-state index contributed by atoms with van der Waals surface area (Å²) in [6, 6.07) is 0.123. The fraction of sp³-hybridized carbons (Fsp3) is 0.636. The Morgan fingerprint density at radius 2 is 2.21 bits per heavy atom. The summed E-state index contributed by atoms with van der Waals surface area (Å²) < 4.78 is 0. The molecule has 2 fully saturated rings. The van der Waals surface area contributed by atoms with Crippen LogP contribution < -0.4 is 0 Å². The van der Waals surface area contributed by atoms with Gasteiger partial charge in [0, 0.05) is 24.9 Å². The minimum Gasteiger partial charge on any atom is -0.341 e. The van der Waals surface area contributed by atoms with Gasteiger partial charge in [-0.05, 0) is 19.4 Å². The van der Waals surface area contributed by atoms with Crippen molar-refractivity contribution in [2.45, 2.75) is 25.8 Å². The zero-order valence-corrected chi connectivity index (χ0v) is 8.41. The molecule has 74 valence electrons. The minimum atomic E-state index is -0.205. The Labute approximate surface area is 82.8 Å². The van der Waals surface area contributed by atoms with Gasteiger partial charge in [0.1, 0.15) is 0 Å². The molecule has 2 aliphatic carbocycles. The molecule has 1 saturated carbocycles. The molecule has 0 unspecified atom stereocenters. The van der Waals surface area contributed by atoms with E-state index in [1.165, 1.54) is 0 Å². The first-order valence-corrected chi connectivity index (χ1v) is 5.01. The fourth-order valence-corrected chi connectivity index (χ4v) is 3.35. The van der Waals surface area contributed by atoms with Crippen molar-refractivity contribution in [1.29, 1.82) is 0 Å². The van der Waals surface area contributed by atoms with Crippen LogP contribution in [0.15, 0.2) is 12.2 Å². The number of likely N-dealkylation sites (tertiary alicyclic amines) is 1. The van der Waals surface area contributed by atoms with E-state index in [0.29, 0.717) is 6.42 Å². The molecule has 3 heteroatoms. The molecule has 0 bridgehead atoms. The average molecular weight is 191 g/mol. The topological polar surface area (TPSA) is 37.4 Å². The lowest BCUT2D eigenvalue weighted by atomic mass is 9.84. The SMILES string of the molecule is CN1C(=O)[C@]2(C)C[C@@]23C=CC(=O)C[C@H]13. The van der Waals surface area contributed by atoms with Gasteiger partial charge in [0.15, 0.2) is 5.78 Å². The van der Waals surface area contributed by atoms with E-state index in [0.717, 1.165) is 6.42 Å². The first-order chi connectivity index (χ1) is 6.51. The Bertz CT molecular complexity index is 387. The van der Waals surface area contributed by atoms with Crippen molar-refractivity contribution in [1.82, 2.24) is 4.90 Å². The third kappa shape index (κ3) is 0.606. The Balaban J connectivity index is 2.12. The zero-order chi connectivity index (χ0) is 10.1. The number of hydrogen-bond donors (Lipinski definition) is 0. The molecule has 0 radical (unpaired) electrons. The molecule has 3 rings (SSSR count). The van der Waals surface area contributed by atoms with Crippen molar-refractivity contribution in [2.75, 3.05) is 7.05 Å². The number of rotatable bonds is 0. The maximum atomic E-state index is 11.9. The number of carbonyl (C=O) groups excluding carboxylic acids is 2. The highest BCUT2D eigenvalue weighted by Crippen LogP contribution is 2.73. The molecule has 0 aromatic carbocycles. The van der Waals surface area contributed by atoms with Gasteiger partial charge in [-0.1, -0.05) is 6.08 Å². The van der Waals surface area contributed by atoms with Crippen molar-refractivity contribution in [3.05, 3.63) is 12.2 Å². The smallest absolute Gasteiger partial charge is 0.229 e. The van der Waals surface area contributed by atoms with Gasteiger partial charge in [0.2, 0.25) is 5.91 Å². The van der Waals surface area contributed by atoms with Gasteiger partial charge in [-0.15, -0.1) is 0 Å². The molecular weight excluding hydrogens is 178 g/mol. The largest absolute Gasteiger partial charge is 0.341 e. The van der Waals surface area contributed by atoms with E-state index in [1.807, 2.05) is 20.0 Å². The van der Waals surface area contributed by atoms with Crippen LogP contribution in [-0.4, -0.2) is 29.7 Å². The summed E-state index contributed by atoms with van der Waals surface area (Å²) in [5, 5.41) is 0. The van der Waals surface area contributed by atoms with E-state index < -0.39 is 0 Å². The average Bonchev–Trinajstić information content (AvgIpc) is 2.71. The highest BCUT2D eigenvalue weighted by molar-refractivity contribution is 5.98. The highest BCUT2D eigenvalue weighted by atomic mass is 16.2. The van der Waals surface area contributed by atoms with Crippen LogP contribution in [0.5, 0.6) is 0 Å². The summed E-state index contributed by atoms with van der Waals surface area (Å²) in [5.41, 5.74) is -0.212. The van der Waals surface area contributed by atoms with Crippen LogP contribution in [0.1, 0.15) is 19.8 Å². The third-order valence-electron chi connectivity index (χ3n) is 4.36. The third-order valence-corrected chi connectivity index (χ3v) is 4.36. The first-order valence-electron chi connectivity index (χ1n) is 5.01. The lowest BCUT2D eigenvalue weighted by molar-refractivity contribution is -0.133. The van der Waals surface area contributed by atoms with Crippen molar-refractivity contribution in [3.8, 4) is 0 Å². The molecule has 1 saturated heterocycles. The summed E-state index contributed by atoms with van der Waals surface area (Å²) >= 11 is 0. The summed E-state index contributed by atoms with van der Waals surface area (Å²) in [6.07, 6.45) is 5.07. The number of hydrogen-bond acceptors (Lipinski definition) is 2. The van der Waals surface area contributed by atoms with Gasteiger partial charge in [-0.25, -0.2) is 0 Å². The van der Waals surface area contributed by atoms with Crippen LogP contribution in [-0.2, 0) is 9.59 Å². The monoisotopic (exact) mass is 191 g/mol. The highest BCUT2D eigenvalue weighted by Gasteiger charge is 2.77. The quantitative estimate of drug-likeness (QED) is 0.566. The van der Waals surface area contributed by atoms with Gasteiger partial charge in [0.25, 0.3) is 0 Å². The lowest BCUT2D eigenvalue weighted by Crippen LogP contribution is -2.39.